The first kappa shape index (κ1) is 25.5. The topological polar surface area (TPSA) is 112 Å². The lowest BCUT2D eigenvalue weighted by atomic mass is 10.2. The number of pyridine rings is 1. The van der Waals surface area contributed by atoms with Crippen LogP contribution in [0.5, 0.6) is 0 Å². The Labute approximate surface area is 220 Å². The zero-order valence-corrected chi connectivity index (χ0v) is 21.6. The molecule has 1 aliphatic rings. The van der Waals surface area contributed by atoms with Gasteiger partial charge in [-0.2, -0.15) is 5.10 Å². The molecule has 38 heavy (non-hydrogen) atoms. The molecule has 2 atom stereocenters. The number of carbonyl (C=O) groups excluding carboxylic acids is 2. The molecule has 5 rings (SSSR count). The number of methoxy groups -OCH3 is 1. The van der Waals surface area contributed by atoms with E-state index < -0.39 is 12.1 Å². The Kier molecular flexibility index (Phi) is 7.69. The van der Waals surface area contributed by atoms with Gasteiger partial charge in [0.25, 0.3) is 5.91 Å². The van der Waals surface area contributed by atoms with Gasteiger partial charge in [0.05, 0.1) is 24.7 Å². The van der Waals surface area contributed by atoms with Crippen molar-refractivity contribution in [2.45, 2.75) is 51.4 Å². The van der Waals surface area contributed by atoms with E-state index in [2.05, 4.69) is 22.7 Å². The van der Waals surface area contributed by atoms with Crippen LogP contribution in [0.1, 0.15) is 42.2 Å². The van der Waals surface area contributed by atoms with Crippen LogP contribution in [0.4, 0.5) is 11.4 Å². The summed E-state index contributed by atoms with van der Waals surface area (Å²) in [7, 11) is 1.33. The van der Waals surface area contributed by atoms with Gasteiger partial charge in [-0.05, 0) is 43.9 Å². The van der Waals surface area contributed by atoms with Crippen molar-refractivity contribution in [1.82, 2.24) is 19.3 Å². The molecule has 1 saturated heterocycles. The summed E-state index contributed by atoms with van der Waals surface area (Å²) >= 11 is 0. The smallest absolute Gasteiger partial charge is 0.356 e. The van der Waals surface area contributed by atoms with Crippen molar-refractivity contribution >= 4 is 34.3 Å². The number of hydrogen-bond donors (Lipinski definition) is 2. The van der Waals surface area contributed by atoms with Crippen molar-refractivity contribution in [1.29, 1.82) is 0 Å². The predicted octanol–water partition coefficient (Wildman–Crippen LogP) is 4.08. The molecule has 1 aromatic carbocycles. The Morgan fingerprint density at radius 1 is 1.24 bits per heavy atom. The third kappa shape index (κ3) is 5.55. The van der Waals surface area contributed by atoms with Crippen LogP contribution in [-0.4, -0.2) is 57.1 Å². The molecule has 0 bridgehead atoms. The molecule has 1 fully saturated rings. The van der Waals surface area contributed by atoms with Crippen molar-refractivity contribution in [2.24, 2.45) is 0 Å². The van der Waals surface area contributed by atoms with E-state index in [0.717, 1.165) is 30.6 Å². The first-order valence-electron chi connectivity index (χ1n) is 12.8. The van der Waals surface area contributed by atoms with Crippen LogP contribution in [-0.2, 0) is 27.4 Å². The van der Waals surface area contributed by atoms with E-state index >= 15 is 0 Å². The number of nitrogens with one attached hydrogen (secondary N) is 2. The first-order chi connectivity index (χ1) is 18.5. The number of esters is 1. The minimum Gasteiger partial charge on any atom is -0.464 e. The van der Waals surface area contributed by atoms with Crippen LogP contribution in [0.2, 0.25) is 0 Å². The van der Waals surface area contributed by atoms with Crippen LogP contribution < -0.4 is 10.6 Å². The van der Waals surface area contributed by atoms with Gasteiger partial charge in [-0.1, -0.05) is 30.3 Å². The van der Waals surface area contributed by atoms with Gasteiger partial charge >= 0.3 is 5.97 Å². The summed E-state index contributed by atoms with van der Waals surface area (Å²) in [5.41, 5.74) is 2.97. The van der Waals surface area contributed by atoms with Crippen LogP contribution in [0.25, 0.3) is 11.0 Å². The number of nitrogens with zero attached hydrogens (tertiary/aromatic N) is 4. The maximum Gasteiger partial charge on any atom is 0.356 e. The van der Waals surface area contributed by atoms with E-state index in [1.807, 2.05) is 53.3 Å². The van der Waals surface area contributed by atoms with Crippen molar-refractivity contribution in [2.75, 3.05) is 24.4 Å². The Morgan fingerprint density at radius 2 is 2.08 bits per heavy atom. The number of aryl methyl sites for hydroxylation is 1. The molecular weight excluding hydrogens is 484 g/mol. The molecule has 0 radical (unpaired) electrons. The highest BCUT2D eigenvalue weighted by atomic mass is 16.5. The standard InChI is InChI=1S/C28H32N6O4/c1-19(11-14-33-13-7-12-30-33)31-21-16-22-24(32-27(35)23-10-6-15-38-23)25(28(36)37-2)34(26(22)29-17-21)18-20-8-4-3-5-9-20/h3-5,7-9,12-13,16-17,19,23,31H,6,10-11,14-15,18H2,1-2H3,(H,32,35). The number of benzene rings is 1. The van der Waals surface area contributed by atoms with Crippen molar-refractivity contribution in [3.05, 3.63) is 72.3 Å². The van der Waals surface area contributed by atoms with Crippen molar-refractivity contribution in [3.63, 3.8) is 0 Å². The Hall–Kier alpha value is -4.18. The van der Waals surface area contributed by atoms with Gasteiger partial charge in [-0.15, -0.1) is 0 Å². The van der Waals surface area contributed by atoms with E-state index in [9.17, 15) is 9.59 Å². The number of carbonyl (C=O) groups is 2. The van der Waals surface area contributed by atoms with Gasteiger partial charge in [0.2, 0.25) is 0 Å². The van der Waals surface area contributed by atoms with Gasteiger partial charge < -0.3 is 24.7 Å². The summed E-state index contributed by atoms with van der Waals surface area (Å²) in [5.74, 6) is -0.832. The number of fused-ring (bicyclic) bond motifs is 1. The normalized spacial score (nSPS) is 15.9. The first-order valence-corrected chi connectivity index (χ1v) is 12.8. The monoisotopic (exact) mass is 516 g/mol. The predicted molar refractivity (Wildman–Crippen MR) is 144 cm³/mol. The number of aromatic nitrogens is 4. The molecule has 2 N–H and O–H groups in total. The number of hydrogen-bond acceptors (Lipinski definition) is 7. The average molecular weight is 517 g/mol. The number of amides is 1. The van der Waals surface area contributed by atoms with Gasteiger partial charge in [0.15, 0.2) is 5.69 Å². The second kappa shape index (κ2) is 11.5. The summed E-state index contributed by atoms with van der Waals surface area (Å²) < 4.78 is 14.4. The molecule has 4 heterocycles. The molecule has 0 saturated carbocycles. The molecule has 3 aromatic heterocycles. The molecule has 4 aromatic rings. The summed E-state index contributed by atoms with van der Waals surface area (Å²) in [6.45, 7) is 3.80. The van der Waals surface area contributed by atoms with E-state index in [4.69, 9.17) is 14.5 Å². The SMILES string of the molecule is COC(=O)c1c(NC(=O)C2CCCO2)c2cc(NC(C)CCn3cccn3)cnc2n1Cc1ccccc1. The molecule has 1 aliphatic heterocycles. The quantitative estimate of drug-likeness (QED) is 0.306. The number of ether oxygens (including phenoxy) is 2. The minimum absolute atomic E-state index is 0.134. The Bertz CT molecular complexity index is 1390. The summed E-state index contributed by atoms with van der Waals surface area (Å²) in [5, 5.41) is 11.4. The summed E-state index contributed by atoms with van der Waals surface area (Å²) in [6, 6.07) is 13.7. The molecule has 2 unspecified atom stereocenters. The molecule has 10 heteroatoms. The number of anilines is 2. The molecule has 198 valence electrons. The van der Waals surface area contributed by atoms with Crippen LogP contribution >= 0.6 is 0 Å². The lowest BCUT2D eigenvalue weighted by Crippen LogP contribution is -2.28. The number of rotatable bonds is 10. The second-order valence-corrected chi connectivity index (χ2v) is 9.48. The zero-order valence-electron chi connectivity index (χ0n) is 21.6. The van der Waals surface area contributed by atoms with Crippen LogP contribution in [0, 0.1) is 0 Å². The molecule has 0 spiro atoms. The van der Waals surface area contributed by atoms with E-state index in [-0.39, 0.29) is 17.6 Å². The summed E-state index contributed by atoms with van der Waals surface area (Å²) in [6.07, 6.45) is 7.22. The summed E-state index contributed by atoms with van der Waals surface area (Å²) in [4.78, 5) is 30.9. The van der Waals surface area contributed by atoms with Crippen LogP contribution in [0.3, 0.4) is 0 Å². The highest BCUT2D eigenvalue weighted by Crippen LogP contribution is 2.34. The lowest BCUT2D eigenvalue weighted by molar-refractivity contribution is -0.124. The van der Waals surface area contributed by atoms with Gasteiger partial charge in [0.1, 0.15) is 11.8 Å². The van der Waals surface area contributed by atoms with Gasteiger partial charge in [-0.25, -0.2) is 9.78 Å². The van der Waals surface area contributed by atoms with Crippen molar-refractivity contribution in [3.8, 4) is 0 Å². The fourth-order valence-electron chi connectivity index (χ4n) is 4.76. The maximum atomic E-state index is 13.1. The molecule has 0 aliphatic carbocycles. The Balaban J connectivity index is 1.52. The van der Waals surface area contributed by atoms with Crippen molar-refractivity contribution < 1.29 is 19.1 Å². The minimum atomic E-state index is -0.552. The lowest BCUT2D eigenvalue weighted by Gasteiger charge is -2.15. The average Bonchev–Trinajstić information content (AvgIpc) is 3.70. The second-order valence-electron chi connectivity index (χ2n) is 9.48. The van der Waals surface area contributed by atoms with Crippen LogP contribution in [0.15, 0.2) is 61.1 Å². The molecule has 10 nitrogen and oxygen atoms in total. The zero-order chi connectivity index (χ0) is 26.5. The largest absolute Gasteiger partial charge is 0.464 e. The fraction of sp³-hybridized carbons (Fsp3) is 0.357. The third-order valence-electron chi connectivity index (χ3n) is 6.69. The highest BCUT2D eigenvalue weighted by Gasteiger charge is 2.30. The van der Waals surface area contributed by atoms with Gasteiger partial charge in [0, 0.05) is 43.5 Å². The highest BCUT2D eigenvalue weighted by molar-refractivity contribution is 6.12. The maximum absolute atomic E-state index is 13.1. The fourth-order valence-corrected chi connectivity index (χ4v) is 4.76. The van der Waals surface area contributed by atoms with Gasteiger partial charge in [-0.3, -0.25) is 9.48 Å². The van der Waals surface area contributed by atoms with E-state index in [0.29, 0.717) is 36.3 Å². The van der Waals surface area contributed by atoms with E-state index in [1.165, 1.54) is 7.11 Å². The Morgan fingerprint density at radius 3 is 2.79 bits per heavy atom. The third-order valence-corrected chi connectivity index (χ3v) is 6.69. The molecule has 1 amide bonds. The van der Waals surface area contributed by atoms with E-state index in [1.54, 1.807) is 17.0 Å². The molecular formula is C28H32N6O4.